The van der Waals surface area contributed by atoms with Gasteiger partial charge in [0.05, 0.1) is 0 Å². The second-order valence-corrected chi connectivity index (χ2v) is 6.70. The molecule has 1 aromatic rings. The second kappa shape index (κ2) is 9.09. The summed E-state index contributed by atoms with van der Waals surface area (Å²) in [6, 6.07) is 2.72. The molecule has 3 rings (SSSR count). The monoisotopic (exact) mass is 304 g/mol. The molecule has 0 aromatic carbocycles. The zero-order valence-corrected chi connectivity index (χ0v) is 14.5. The Kier molecular flexibility index (Phi) is 7.10. The van der Waals surface area contributed by atoms with Gasteiger partial charge in [0.2, 0.25) is 5.95 Å². The molecule has 0 amide bonds. The van der Waals surface area contributed by atoms with E-state index in [4.69, 9.17) is 0 Å². The number of hydrogen-bond acceptors (Lipinski definition) is 4. The molecule has 0 bridgehead atoms. The lowest BCUT2D eigenvalue weighted by Gasteiger charge is -2.34. The van der Waals surface area contributed by atoms with Crippen LogP contribution in [0.2, 0.25) is 0 Å². The van der Waals surface area contributed by atoms with Gasteiger partial charge >= 0.3 is 0 Å². The van der Waals surface area contributed by atoms with Crippen molar-refractivity contribution in [2.75, 3.05) is 31.6 Å². The maximum absolute atomic E-state index is 4.35. The van der Waals surface area contributed by atoms with E-state index in [2.05, 4.69) is 40.7 Å². The van der Waals surface area contributed by atoms with E-state index in [0.717, 1.165) is 31.0 Å². The molecule has 1 atom stereocenters. The Hall–Kier alpha value is -1.16. The maximum Gasteiger partial charge on any atom is 0.225 e. The Morgan fingerprint density at radius 3 is 2.23 bits per heavy atom. The highest BCUT2D eigenvalue weighted by atomic mass is 15.2. The summed E-state index contributed by atoms with van der Waals surface area (Å²) in [7, 11) is 2.28. The van der Waals surface area contributed by atoms with Gasteiger partial charge in [0, 0.05) is 31.5 Å². The van der Waals surface area contributed by atoms with Gasteiger partial charge in [-0.2, -0.15) is 0 Å². The summed E-state index contributed by atoms with van der Waals surface area (Å²) in [5.41, 5.74) is 0. The summed E-state index contributed by atoms with van der Waals surface area (Å²) in [6.45, 7) is 7.78. The quantitative estimate of drug-likeness (QED) is 0.854. The van der Waals surface area contributed by atoms with E-state index >= 15 is 0 Å². The summed E-state index contributed by atoms with van der Waals surface area (Å²) in [4.78, 5) is 13.6. The van der Waals surface area contributed by atoms with Crippen LogP contribution in [0.15, 0.2) is 18.5 Å². The van der Waals surface area contributed by atoms with Crippen LogP contribution in [0.5, 0.6) is 0 Å². The molecule has 2 saturated heterocycles. The minimum atomic E-state index is 0.838. The van der Waals surface area contributed by atoms with Crippen LogP contribution in [0.1, 0.15) is 52.4 Å². The van der Waals surface area contributed by atoms with Crippen molar-refractivity contribution in [1.82, 2.24) is 14.9 Å². The summed E-state index contributed by atoms with van der Waals surface area (Å²) < 4.78 is 0. The number of likely N-dealkylation sites (tertiary alicyclic amines) is 1. The molecule has 4 nitrogen and oxygen atoms in total. The predicted octanol–water partition coefficient (Wildman–Crippen LogP) is 3.59. The summed E-state index contributed by atoms with van der Waals surface area (Å²) in [5.74, 6) is 1.80. The number of piperidine rings is 1. The van der Waals surface area contributed by atoms with Crippen molar-refractivity contribution in [3.8, 4) is 0 Å². The van der Waals surface area contributed by atoms with Crippen LogP contribution in [0.3, 0.4) is 0 Å². The molecule has 4 heteroatoms. The largest absolute Gasteiger partial charge is 0.341 e. The van der Waals surface area contributed by atoms with Gasteiger partial charge in [-0.25, -0.2) is 9.97 Å². The van der Waals surface area contributed by atoms with Gasteiger partial charge in [0.15, 0.2) is 0 Å². The van der Waals surface area contributed by atoms with Crippen molar-refractivity contribution in [2.45, 2.75) is 58.4 Å². The summed E-state index contributed by atoms with van der Waals surface area (Å²) in [6.07, 6.45) is 11.7. The van der Waals surface area contributed by atoms with E-state index in [1.807, 2.05) is 18.5 Å². The van der Waals surface area contributed by atoms with Crippen molar-refractivity contribution >= 4 is 5.95 Å². The van der Waals surface area contributed by atoms with Crippen LogP contribution in [0.4, 0.5) is 5.95 Å². The lowest BCUT2D eigenvalue weighted by molar-refractivity contribution is 0.240. The van der Waals surface area contributed by atoms with Crippen molar-refractivity contribution < 1.29 is 0 Å². The van der Waals surface area contributed by atoms with E-state index in [-0.39, 0.29) is 0 Å². The number of anilines is 1. The maximum atomic E-state index is 4.35. The molecular weight excluding hydrogens is 272 g/mol. The third-order valence-corrected chi connectivity index (χ3v) is 4.73. The molecule has 2 fully saturated rings. The third-order valence-electron chi connectivity index (χ3n) is 4.73. The zero-order valence-electron chi connectivity index (χ0n) is 14.5. The highest BCUT2D eigenvalue weighted by molar-refractivity contribution is 5.28. The van der Waals surface area contributed by atoms with Crippen LogP contribution in [0.25, 0.3) is 0 Å². The van der Waals surface area contributed by atoms with Gasteiger partial charge in [-0.15, -0.1) is 0 Å². The molecule has 0 saturated carbocycles. The number of nitrogens with zero attached hydrogens (tertiary/aromatic N) is 4. The van der Waals surface area contributed by atoms with Crippen LogP contribution in [-0.4, -0.2) is 47.6 Å². The average molecular weight is 304 g/mol. The van der Waals surface area contributed by atoms with Crippen LogP contribution in [-0.2, 0) is 0 Å². The molecule has 1 aromatic heterocycles. The average Bonchev–Trinajstić information content (AvgIpc) is 2.95. The molecule has 22 heavy (non-hydrogen) atoms. The summed E-state index contributed by atoms with van der Waals surface area (Å²) in [5, 5.41) is 0. The smallest absolute Gasteiger partial charge is 0.225 e. The molecule has 0 N–H and O–H groups in total. The Morgan fingerprint density at radius 1 is 1.05 bits per heavy atom. The SMILES string of the molecule is CCC.CN1CCCC1CC1CCN(c2ncccn2)CC1. The second-order valence-electron chi connectivity index (χ2n) is 6.70. The highest BCUT2D eigenvalue weighted by Gasteiger charge is 2.27. The lowest BCUT2D eigenvalue weighted by Crippen LogP contribution is -2.37. The van der Waals surface area contributed by atoms with Crippen LogP contribution < -0.4 is 4.90 Å². The predicted molar refractivity (Wildman–Crippen MR) is 93.2 cm³/mol. The molecule has 124 valence electrons. The van der Waals surface area contributed by atoms with Crippen molar-refractivity contribution in [3.05, 3.63) is 18.5 Å². The van der Waals surface area contributed by atoms with E-state index in [0.29, 0.717) is 0 Å². The first kappa shape index (κ1) is 17.2. The van der Waals surface area contributed by atoms with Gasteiger partial charge in [0.1, 0.15) is 0 Å². The first-order valence-electron chi connectivity index (χ1n) is 8.96. The fourth-order valence-corrected chi connectivity index (χ4v) is 3.49. The van der Waals surface area contributed by atoms with Crippen LogP contribution >= 0.6 is 0 Å². The number of hydrogen-bond donors (Lipinski definition) is 0. The van der Waals surface area contributed by atoms with Gasteiger partial charge in [0.25, 0.3) is 0 Å². The van der Waals surface area contributed by atoms with Crippen molar-refractivity contribution in [2.24, 2.45) is 5.92 Å². The number of rotatable bonds is 3. The minimum absolute atomic E-state index is 0.838. The standard InChI is InChI=1S/C15H24N4.C3H8/c1-18-9-2-4-14(18)12-13-5-10-19(11-6-13)15-16-7-3-8-17-15;1-3-2/h3,7-8,13-14H,2,4-6,9-12H2,1H3;3H2,1-2H3. The molecule has 0 spiro atoms. The number of aromatic nitrogens is 2. The lowest BCUT2D eigenvalue weighted by atomic mass is 9.89. The molecular formula is C18H32N4. The Balaban J connectivity index is 0.000000545. The molecule has 0 radical (unpaired) electrons. The summed E-state index contributed by atoms with van der Waals surface area (Å²) >= 11 is 0. The fourth-order valence-electron chi connectivity index (χ4n) is 3.49. The van der Waals surface area contributed by atoms with Crippen LogP contribution in [0, 0.1) is 5.92 Å². The zero-order chi connectivity index (χ0) is 15.8. The van der Waals surface area contributed by atoms with Crippen molar-refractivity contribution in [1.29, 1.82) is 0 Å². The Morgan fingerprint density at radius 2 is 1.68 bits per heavy atom. The van der Waals surface area contributed by atoms with Crippen molar-refractivity contribution in [3.63, 3.8) is 0 Å². The first-order chi connectivity index (χ1) is 10.7. The van der Waals surface area contributed by atoms with Gasteiger partial charge in [-0.05, 0) is 57.7 Å². The van der Waals surface area contributed by atoms with Gasteiger partial charge in [-0.3, -0.25) is 0 Å². The van der Waals surface area contributed by atoms with Gasteiger partial charge in [-0.1, -0.05) is 20.3 Å². The molecule has 0 aliphatic carbocycles. The Labute approximate surface area is 135 Å². The minimum Gasteiger partial charge on any atom is -0.341 e. The molecule has 1 unspecified atom stereocenters. The Bertz CT molecular complexity index is 401. The first-order valence-corrected chi connectivity index (χ1v) is 8.96. The van der Waals surface area contributed by atoms with E-state index in [9.17, 15) is 0 Å². The normalized spacial score (nSPS) is 23.2. The van der Waals surface area contributed by atoms with E-state index in [1.54, 1.807) is 0 Å². The molecule has 2 aliphatic rings. The third kappa shape index (κ3) is 4.94. The molecule has 3 heterocycles. The fraction of sp³-hybridized carbons (Fsp3) is 0.778. The van der Waals surface area contributed by atoms with Gasteiger partial charge < -0.3 is 9.80 Å². The molecule has 2 aliphatic heterocycles. The van der Waals surface area contributed by atoms with E-state index < -0.39 is 0 Å². The topological polar surface area (TPSA) is 32.3 Å². The van der Waals surface area contributed by atoms with E-state index in [1.165, 1.54) is 45.1 Å². The highest BCUT2D eigenvalue weighted by Crippen LogP contribution is 2.28.